The van der Waals surface area contributed by atoms with Crippen molar-refractivity contribution in [1.29, 1.82) is 0 Å². The molecule has 7 heteroatoms. The van der Waals surface area contributed by atoms with Gasteiger partial charge in [-0.2, -0.15) is 0 Å². The van der Waals surface area contributed by atoms with E-state index in [-0.39, 0.29) is 16.7 Å². The Hall–Kier alpha value is -1.47. The van der Waals surface area contributed by atoms with Crippen molar-refractivity contribution in [3.63, 3.8) is 0 Å². The van der Waals surface area contributed by atoms with Gasteiger partial charge in [-0.25, -0.2) is 4.39 Å². The van der Waals surface area contributed by atoms with Crippen LogP contribution >= 0.6 is 15.9 Å². The van der Waals surface area contributed by atoms with E-state index in [4.69, 9.17) is 5.11 Å². The third-order valence-electron chi connectivity index (χ3n) is 2.60. The number of rotatable bonds is 4. The van der Waals surface area contributed by atoms with E-state index in [2.05, 4.69) is 21.2 Å². The van der Waals surface area contributed by atoms with E-state index in [1.165, 1.54) is 24.1 Å². The van der Waals surface area contributed by atoms with Crippen LogP contribution in [0.5, 0.6) is 0 Å². The highest BCUT2D eigenvalue weighted by Gasteiger charge is 2.19. The topological polar surface area (TPSA) is 69.6 Å². The molecule has 20 heavy (non-hydrogen) atoms. The van der Waals surface area contributed by atoms with Crippen molar-refractivity contribution in [1.82, 2.24) is 4.90 Å². The number of benzene rings is 1. The maximum Gasteiger partial charge on any atom is 0.313 e. The number of carbonyl (C=O) groups excluding carboxylic acids is 2. The van der Waals surface area contributed by atoms with Gasteiger partial charge in [0.25, 0.3) is 0 Å². The number of likely N-dealkylation sites (N-methyl/N-ethyl adjacent to an activating group) is 1. The van der Waals surface area contributed by atoms with Crippen LogP contribution in [0.1, 0.15) is 13.3 Å². The zero-order chi connectivity index (χ0) is 15.3. The highest BCUT2D eigenvalue weighted by molar-refractivity contribution is 9.10. The van der Waals surface area contributed by atoms with Gasteiger partial charge in [0.2, 0.25) is 0 Å². The molecule has 0 aliphatic heterocycles. The van der Waals surface area contributed by atoms with Gasteiger partial charge >= 0.3 is 11.8 Å². The Morgan fingerprint density at radius 1 is 1.50 bits per heavy atom. The zero-order valence-corrected chi connectivity index (χ0v) is 12.8. The highest BCUT2D eigenvalue weighted by atomic mass is 79.9. The number of hydrogen-bond donors (Lipinski definition) is 2. The number of carbonyl (C=O) groups is 2. The number of anilines is 1. The van der Waals surface area contributed by atoms with Crippen LogP contribution in [-0.4, -0.2) is 41.5 Å². The van der Waals surface area contributed by atoms with Crippen molar-refractivity contribution < 1.29 is 19.1 Å². The number of halogens is 2. The summed E-state index contributed by atoms with van der Waals surface area (Å²) in [6, 6.07) is 4.03. The van der Waals surface area contributed by atoms with E-state index in [0.717, 1.165) is 6.07 Å². The number of aliphatic hydroxyl groups excluding tert-OH is 1. The Labute approximate surface area is 124 Å². The molecule has 0 aliphatic rings. The van der Waals surface area contributed by atoms with E-state index in [9.17, 15) is 14.0 Å². The molecule has 110 valence electrons. The molecule has 5 nitrogen and oxygen atoms in total. The Kier molecular flexibility index (Phi) is 6.09. The average Bonchev–Trinajstić information content (AvgIpc) is 2.39. The molecular weight excluding hydrogens is 331 g/mol. The lowest BCUT2D eigenvalue weighted by atomic mass is 10.2. The maximum atomic E-state index is 13.3. The molecule has 0 bridgehead atoms. The second kappa shape index (κ2) is 7.35. The normalized spacial score (nSPS) is 11.8. The minimum Gasteiger partial charge on any atom is -0.393 e. The van der Waals surface area contributed by atoms with Gasteiger partial charge in [-0.3, -0.25) is 9.59 Å². The number of nitrogens with one attached hydrogen (secondary N) is 1. The Bertz CT molecular complexity index is 508. The smallest absolute Gasteiger partial charge is 0.313 e. The quantitative estimate of drug-likeness (QED) is 0.816. The van der Waals surface area contributed by atoms with Gasteiger partial charge in [0.1, 0.15) is 5.82 Å². The molecule has 1 rings (SSSR count). The zero-order valence-electron chi connectivity index (χ0n) is 11.2. The van der Waals surface area contributed by atoms with E-state index >= 15 is 0 Å². The Morgan fingerprint density at radius 2 is 2.15 bits per heavy atom. The van der Waals surface area contributed by atoms with Crippen molar-refractivity contribution in [3.05, 3.63) is 28.5 Å². The Morgan fingerprint density at radius 3 is 2.70 bits per heavy atom. The SMILES string of the molecule is CC(O)CCN(C)C(=O)C(=O)Nc1ccc(Br)c(F)c1. The third-order valence-corrected chi connectivity index (χ3v) is 3.24. The first-order valence-electron chi connectivity index (χ1n) is 6.01. The second-order valence-corrected chi connectivity index (χ2v) is 5.30. The van der Waals surface area contributed by atoms with Crippen molar-refractivity contribution >= 4 is 33.4 Å². The molecule has 0 spiro atoms. The summed E-state index contributed by atoms with van der Waals surface area (Å²) < 4.78 is 13.6. The fourth-order valence-corrected chi connectivity index (χ4v) is 1.66. The predicted molar refractivity (Wildman–Crippen MR) is 76.7 cm³/mol. The summed E-state index contributed by atoms with van der Waals surface area (Å²) in [7, 11) is 1.46. The van der Waals surface area contributed by atoms with E-state index in [1.54, 1.807) is 6.92 Å². The molecule has 2 amide bonds. The summed E-state index contributed by atoms with van der Waals surface area (Å²) in [6.07, 6.45) is -0.170. The molecule has 2 N–H and O–H groups in total. The van der Waals surface area contributed by atoms with Crippen LogP contribution in [0.3, 0.4) is 0 Å². The standard InChI is InChI=1S/C13H16BrFN2O3/c1-8(18)5-6-17(2)13(20)12(19)16-9-3-4-10(14)11(15)7-9/h3-4,7-8,18H,5-6H2,1-2H3,(H,16,19). The van der Waals surface area contributed by atoms with Crippen molar-refractivity contribution in [2.75, 3.05) is 18.9 Å². The first-order valence-corrected chi connectivity index (χ1v) is 6.80. The number of nitrogens with zero attached hydrogens (tertiary/aromatic N) is 1. The lowest BCUT2D eigenvalue weighted by Gasteiger charge is -2.17. The highest BCUT2D eigenvalue weighted by Crippen LogP contribution is 2.19. The van der Waals surface area contributed by atoms with Crippen LogP contribution in [0.15, 0.2) is 22.7 Å². The lowest BCUT2D eigenvalue weighted by Crippen LogP contribution is -2.38. The van der Waals surface area contributed by atoms with Gasteiger partial charge < -0.3 is 15.3 Å². The first kappa shape index (κ1) is 16.6. The van der Waals surface area contributed by atoms with Crippen LogP contribution < -0.4 is 5.32 Å². The molecule has 1 aromatic rings. The number of hydrogen-bond acceptors (Lipinski definition) is 3. The van der Waals surface area contributed by atoms with Crippen LogP contribution in [0.25, 0.3) is 0 Å². The van der Waals surface area contributed by atoms with Crippen molar-refractivity contribution in [2.24, 2.45) is 0 Å². The molecule has 1 aromatic carbocycles. The molecule has 1 atom stereocenters. The lowest BCUT2D eigenvalue weighted by molar-refractivity contribution is -0.142. The van der Waals surface area contributed by atoms with Gasteiger partial charge in [0.05, 0.1) is 10.6 Å². The summed E-state index contributed by atoms with van der Waals surface area (Å²) in [5, 5.41) is 11.5. The summed E-state index contributed by atoms with van der Waals surface area (Å²) in [6.45, 7) is 1.86. The number of aliphatic hydroxyl groups is 1. The first-order chi connectivity index (χ1) is 9.31. The van der Waals surface area contributed by atoms with E-state index in [1.807, 2.05) is 0 Å². The van der Waals surface area contributed by atoms with Gasteiger partial charge in [0.15, 0.2) is 0 Å². The van der Waals surface area contributed by atoms with Crippen molar-refractivity contribution in [2.45, 2.75) is 19.4 Å². The molecule has 0 saturated carbocycles. The fourth-order valence-electron chi connectivity index (χ4n) is 1.41. The largest absolute Gasteiger partial charge is 0.393 e. The van der Waals surface area contributed by atoms with Crippen LogP contribution in [-0.2, 0) is 9.59 Å². The van der Waals surface area contributed by atoms with Crippen LogP contribution in [0.2, 0.25) is 0 Å². The predicted octanol–water partition coefficient (Wildman–Crippen LogP) is 1.76. The molecule has 0 heterocycles. The van der Waals surface area contributed by atoms with Crippen LogP contribution in [0, 0.1) is 5.82 Å². The third kappa shape index (κ3) is 4.90. The van der Waals surface area contributed by atoms with Crippen molar-refractivity contribution in [3.8, 4) is 0 Å². The van der Waals surface area contributed by atoms with Gasteiger partial charge in [-0.15, -0.1) is 0 Å². The minimum absolute atomic E-state index is 0.202. The maximum absolute atomic E-state index is 13.3. The molecule has 0 aromatic heterocycles. The van der Waals surface area contributed by atoms with Crippen LogP contribution in [0.4, 0.5) is 10.1 Å². The molecule has 1 unspecified atom stereocenters. The summed E-state index contributed by atoms with van der Waals surface area (Å²) in [5.41, 5.74) is 0.202. The monoisotopic (exact) mass is 346 g/mol. The minimum atomic E-state index is -0.847. The second-order valence-electron chi connectivity index (χ2n) is 4.45. The van der Waals surface area contributed by atoms with E-state index < -0.39 is 23.7 Å². The number of amides is 2. The van der Waals surface area contributed by atoms with E-state index in [0.29, 0.717) is 6.42 Å². The molecule has 0 fully saturated rings. The molecular formula is C13H16BrFN2O3. The average molecular weight is 347 g/mol. The summed E-state index contributed by atoms with van der Waals surface area (Å²) >= 11 is 3.00. The Balaban J connectivity index is 2.61. The molecule has 0 saturated heterocycles. The summed E-state index contributed by atoms with van der Waals surface area (Å²) in [5.74, 6) is -2.12. The fraction of sp³-hybridized carbons (Fsp3) is 0.385. The summed E-state index contributed by atoms with van der Waals surface area (Å²) in [4.78, 5) is 24.6. The van der Waals surface area contributed by atoms with Gasteiger partial charge in [-0.1, -0.05) is 0 Å². The van der Waals surface area contributed by atoms with Gasteiger partial charge in [-0.05, 0) is 47.5 Å². The molecule has 0 aliphatic carbocycles. The van der Waals surface area contributed by atoms with Gasteiger partial charge in [0, 0.05) is 19.3 Å². The molecule has 0 radical (unpaired) electrons.